The third-order valence-electron chi connectivity index (χ3n) is 3.18. The standard InChI is InChI=1S/C13H23N3/c1-9(2)7-14-8-13-15-11-5-4-10(3)6-12(11)16-13/h9-10,14H,4-8H2,1-3H3,(H,15,16). The molecule has 0 saturated heterocycles. The van der Waals surface area contributed by atoms with Gasteiger partial charge in [0, 0.05) is 5.69 Å². The molecule has 0 aromatic carbocycles. The van der Waals surface area contributed by atoms with Crippen molar-refractivity contribution >= 4 is 0 Å². The Balaban J connectivity index is 1.91. The third-order valence-corrected chi connectivity index (χ3v) is 3.18. The highest BCUT2D eigenvalue weighted by Crippen LogP contribution is 2.23. The van der Waals surface area contributed by atoms with Gasteiger partial charge in [-0.05, 0) is 37.6 Å². The van der Waals surface area contributed by atoms with E-state index in [0.29, 0.717) is 5.92 Å². The molecule has 0 bridgehead atoms. The molecule has 1 unspecified atom stereocenters. The van der Waals surface area contributed by atoms with Crippen LogP contribution in [0.15, 0.2) is 0 Å². The van der Waals surface area contributed by atoms with Crippen LogP contribution in [0.2, 0.25) is 0 Å². The molecule has 0 amide bonds. The van der Waals surface area contributed by atoms with Gasteiger partial charge in [-0.15, -0.1) is 0 Å². The number of H-pyrrole nitrogens is 1. The second-order valence-corrected chi connectivity index (χ2v) is 5.48. The van der Waals surface area contributed by atoms with Gasteiger partial charge in [0.1, 0.15) is 5.82 Å². The van der Waals surface area contributed by atoms with Gasteiger partial charge in [-0.25, -0.2) is 4.98 Å². The molecular weight excluding hydrogens is 198 g/mol. The van der Waals surface area contributed by atoms with Crippen molar-refractivity contribution in [3.63, 3.8) is 0 Å². The van der Waals surface area contributed by atoms with E-state index >= 15 is 0 Å². The van der Waals surface area contributed by atoms with Crippen molar-refractivity contribution in [2.75, 3.05) is 6.54 Å². The van der Waals surface area contributed by atoms with Gasteiger partial charge in [-0.1, -0.05) is 20.8 Å². The zero-order chi connectivity index (χ0) is 11.5. The SMILES string of the molecule is CC(C)CNCc1nc2c([nH]1)CC(C)CC2. The van der Waals surface area contributed by atoms with Crippen LogP contribution in [0, 0.1) is 11.8 Å². The van der Waals surface area contributed by atoms with Crippen LogP contribution in [0.1, 0.15) is 44.4 Å². The summed E-state index contributed by atoms with van der Waals surface area (Å²) in [5, 5.41) is 3.43. The molecule has 1 heterocycles. The monoisotopic (exact) mass is 221 g/mol. The zero-order valence-electron chi connectivity index (χ0n) is 10.6. The van der Waals surface area contributed by atoms with Gasteiger partial charge < -0.3 is 10.3 Å². The number of nitrogens with zero attached hydrogens (tertiary/aromatic N) is 1. The molecule has 0 aliphatic heterocycles. The van der Waals surface area contributed by atoms with E-state index in [4.69, 9.17) is 0 Å². The van der Waals surface area contributed by atoms with Crippen LogP contribution < -0.4 is 5.32 Å². The van der Waals surface area contributed by atoms with E-state index in [2.05, 4.69) is 36.1 Å². The lowest BCUT2D eigenvalue weighted by atomic mass is 9.92. The second kappa shape index (κ2) is 5.00. The zero-order valence-corrected chi connectivity index (χ0v) is 10.6. The Morgan fingerprint density at radius 3 is 3.06 bits per heavy atom. The van der Waals surface area contributed by atoms with Crippen molar-refractivity contribution in [1.29, 1.82) is 0 Å². The minimum atomic E-state index is 0.699. The van der Waals surface area contributed by atoms with E-state index in [9.17, 15) is 0 Å². The first-order valence-corrected chi connectivity index (χ1v) is 6.42. The summed E-state index contributed by atoms with van der Waals surface area (Å²) in [5.74, 6) is 2.62. The Hall–Kier alpha value is -0.830. The fourth-order valence-corrected chi connectivity index (χ4v) is 2.28. The van der Waals surface area contributed by atoms with Gasteiger partial charge in [0.2, 0.25) is 0 Å². The average molecular weight is 221 g/mol. The molecule has 0 fully saturated rings. The Labute approximate surface area is 98.1 Å². The molecule has 0 saturated carbocycles. The van der Waals surface area contributed by atoms with Crippen molar-refractivity contribution < 1.29 is 0 Å². The predicted molar refractivity (Wildman–Crippen MR) is 66.3 cm³/mol. The first kappa shape index (κ1) is 11.6. The number of hydrogen-bond acceptors (Lipinski definition) is 2. The quantitative estimate of drug-likeness (QED) is 0.819. The molecule has 1 atom stereocenters. The van der Waals surface area contributed by atoms with Gasteiger partial charge in [0.25, 0.3) is 0 Å². The molecule has 16 heavy (non-hydrogen) atoms. The number of rotatable bonds is 4. The van der Waals surface area contributed by atoms with Crippen LogP contribution in [0.5, 0.6) is 0 Å². The number of hydrogen-bond donors (Lipinski definition) is 2. The van der Waals surface area contributed by atoms with Gasteiger partial charge in [0.15, 0.2) is 0 Å². The van der Waals surface area contributed by atoms with Gasteiger partial charge in [0.05, 0.1) is 12.2 Å². The summed E-state index contributed by atoms with van der Waals surface area (Å²) in [7, 11) is 0. The lowest BCUT2D eigenvalue weighted by Crippen LogP contribution is -2.19. The van der Waals surface area contributed by atoms with E-state index < -0.39 is 0 Å². The minimum Gasteiger partial charge on any atom is -0.345 e. The summed E-state index contributed by atoms with van der Waals surface area (Å²) >= 11 is 0. The van der Waals surface area contributed by atoms with Gasteiger partial charge in [-0.2, -0.15) is 0 Å². The molecule has 0 radical (unpaired) electrons. The highest BCUT2D eigenvalue weighted by atomic mass is 15.0. The molecule has 1 aromatic heterocycles. The molecule has 3 nitrogen and oxygen atoms in total. The van der Waals surface area contributed by atoms with Crippen LogP contribution in [0.25, 0.3) is 0 Å². The summed E-state index contributed by atoms with van der Waals surface area (Å²) < 4.78 is 0. The first-order chi connectivity index (χ1) is 7.65. The molecule has 1 aromatic rings. The van der Waals surface area contributed by atoms with Crippen LogP contribution >= 0.6 is 0 Å². The van der Waals surface area contributed by atoms with Crippen molar-refractivity contribution in [2.45, 2.75) is 46.6 Å². The van der Waals surface area contributed by atoms with Crippen LogP contribution in [0.4, 0.5) is 0 Å². The largest absolute Gasteiger partial charge is 0.345 e. The molecule has 0 spiro atoms. The lowest BCUT2D eigenvalue weighted by molar-refractivity contribution is 0.491. The average Bonchev–Trinajstić information content (AvgIpc) is 2.58. The van der Waals surface area contributed by atoms with Crippen molar-refractivity contribution in [1.82, 2.24) is 15.3 Å². The number of nitrogens with one attached hydrogen (secondary N) is 2. The van der Waals surface area contributed by atoms with Crippen LogP contribution in [-0.4, -0.2) is 16.5 Å². The van der Waals surface area contributed by atoms with E-state index in [1.807, 2.05) is 0 Å². The normalized spacial score (nSPS) is 20.1. The molecule has 1 aliphatic carbocycles. The molecule has 2 rings (SSSR count). The number of imidazole rings is 1. The van der Waals surface area contributed by atoms with Gasteiger partial charge >= 0.3 is 0 Å². The second-order valence-electron chi connectivity index (χ2n) is 5.48. The maximum atomic E-state index is 4.66. The predicted octanol–water partition coefficient (Wildman–Crippen LogP) is 2.28. The first-order valence-electron chi connectivity index (χ1n) is 6.42. The fraction of sp³-hybridized carbons (Fsp3) is 0.769. The van der Waals surface area contributed by atoms with E-state index in [-0.39, 0.29) is 0 Å². The van der Waals surface area contributed by atoms with Crippen molar-refractivity contribution in [3.05, 3.63) is 17.2 Å². The van der Waals surface area contributed by atoms with E-state index in [1.54, 1.807) is 0 Å². The highest BCUT2D eigenvalue weighted by molar-refractivity contribution is 5.18. The number of aromatic nitrogens is 2. The summed E-state index contributed by atoms with van der Waals surface area (Å²) in [6.45, 7) is 8.70. The Kier molecular flexibility index (Phi) is 3.64. The summed E-state index contributed by atoms with van der Waals surface area (Å²) in [6, 6.07) is 0. The molecule has 2 N–H and O–H groups in total. The number of fused-ring (bicyclic) bond motifs is 1. The van der Waals surface area contributed by atoms with Gasteiger partial charge in [-0.3, -0.25) is 0 Å². The lowest BCUT2D eigenvalue weighted by Gasteiger charge is -2.15. The number of aromatic amines is 1. The third kappa shape index (κ3) is 2.85. The van der Waals surface area contributed by atoms with E-state index in [1.165, 1.54) is 24.2 Å². The molecule has 90 valence electrons. The summed E-state index contributed by atoms with van der Waals surface area (Å²) in [5.41, 5.74) is 2.68. The number of aryl methyl sites for hydroxylation is 1. The summed E-state index contributed by atoms with van der Waals surface area (Å²) in [4.78, 5) is 8.13. The molecular formula is C13H23N3. The summed E-state index contributed by atoms with van der Waals surface area (Å²) in [6.07, 6.45) is 3.61. The van der Waals surface area contributed by atoms with Crippen molar-refractivity contribution in [2.24, 2.45) is 11.8 Å². The van der Waals surface area contributed by atoms with Crippen LogP contribution in [-0.2, 0) is 19.4 Å². The van der Waals surface area contributed by atoms with Crippen molar-refractivity contribution in [3.8, 4) is 0 Å². The Bertz CT molecular complexity index is 341. The topological polar surface area (TPSA) is 40.7 Å². The Morgan fingerprint density at radius 2 is 2.31 bits per heavy atom. The fourth-order valence-electron chi connectivity index (χ4n) is 2.28. The molecule has 3 heteroatoms. The minimum absolute atomic E-state index is 0.699. The molecule has 1 aliphatic rings. The van der Waals surface area contributed by atoms with Crippen LogP contribution in [0.3, 0.4) is 0 Å². The van der Waals surface area contributed by atoms with E-state index in [0.717, 1.165) is 31.3 Å². The highest BCUT2D eigenvalue weighted by Gasteiger charge is 2.18. The maximum absolute atomic E-state index is 4.66. The Morgan fingerprint density at radius 1 is 1.50 bits per heavy atom. The smallest absolute Gasteiger partial charge is 0.120 e. The maximum Gasteiger partial charge on any atom is 0.120 e.